The van der Waals surface area contributed by atoms with E-state index in [4.69, 9.17) is 4.74 Å². The van der Waals surface area contributed by atoms with E-state index < -0.39 is 0 Å². The summed E-state index contributed by atoms with van der Waals surface area (Å²) >= 11 is 0. The van der Waals surface area contributed by atoms with Crippen molar-refractivity contribution < 1.29 is 14.3 Å². The average molecular weight is 338 g/mol. The number of para-hydroxylation sites is 1. The Morgan fingerprint density at radius 2 is 1.76 bits per heavy atom. The van der Waals surface area contributed by atoms with Crippen molar-refractivity contribution in [2.45, 2.75) is 13.8 Å². The lowest BCUT2D eigenvalue weighted by Gasteiger charge is -2.11. The fourth-order valence-electron chi connectivity index (χ4n) is 2.34. The molecule has 0 saturated heterocycles. The highest BCUT2D eigenvalue weighted by molar-refractivity contribution is 5.98. The predicted octanol–water partition coefficient (Wildman–Crippen LogP) is 3.08. The van der Waals surface area contributed by atoms with Gasteiger partial charge in [0.25, 0.3) is 0 Å². The predicted molar refractivity (Wildman–Crippen MR) is 99.6 cm³/mol. The Hall–Kier alpha value is -3.08. The monoisotopic (exact) mass is 338 g/mol. The maximum atomic E-state index is 12.0. The smallest absolute Gasteiger partial charge is 0.244 e. The quantitative estimate of drug-likeness (QED) is 0.796. The number of nitrogens with one attached hydrogen (secondary N) is 2. The number of carbonyl (C=O) groups excluding carboxylic acids is 2. The van der Waals surface area contributed by atoms with Crippen molar-refractivity contribution in [1.82, 2.24) is 5.32 Å². The molecule has 130 valence electrons. The van der Waals surface area contributed by atoms with Crippen molar-refractivity contribution in [2.75, 3.05) is 19.0 Å². The molecule has 2 rings (SSSR count). The summed E-state index contributed by atoms with van der Waals surface area (Å²) in [6.07, 6.45) is 3.06. The van der Waals surface area contributed by atoms with E-state index in [1.165, 1.54) is 6.08 Å². The summed E-state index contributed by atoms with van der Waals surface area (Å²) in [5.41, 5.74) is 3.60. The molecular formula is C20H22N2O3. The number of hydrogen-bond donors (Lipinski definition) is 2. The zero-order chi connectivity index (χ0) is 18.2. The van der Waals surface area contributed by atoms with Crippen LogP contribution < -0.4 is 15.4 Å². The minimum absolute atomic E-state index is 0.0882. The fourth-order valence-corrected chi connectivity index (χ4v) is 2.34. The van der Waals surface area contributed by atoms with Gasteiger partial charge in [0.15, 0.2) is 0 Å². The van der Waals surface area contributed by atoms with Gasteiger partial charge in [0.2, 0.25) is 11.8 Å². The molecule has 0 saturated carbocycles. The number of benzene rings is 2. The van der Waals surface area contributed by atoms with Gasteiger partial charge >= 0.3 is 0 Å². The van der Waals surface area contributed by atoms with Crippen molar-refractivity contribution in [1.29, 1.82) is 0 Å². The zero-order valence-corrected chi connectivity index (χ0v) is 14.6. The van der Waals surface area contributed by atoms with Gasteiger partial charge in [-0.2, -0.15) is 0 Å². The molecule has 0 aliphatic carbocycles. The number of carbonyl (C=O) groups is 2. The second kappa shape index (κ2) is 8.68. The first kappa shape index (κ1) is 18.3. The lowest BCUT2D eigenvalue weighted by atomic mass is 10.1. The lowest BCUT2D eigenvalue weighted by molar-refractivity contribution is -0.121. The van der Waals surface area contributed by atoms with E-state index in [-0.39, 0.29) is 18.4 Å². The molecule has 0 radical (unpaired) electrons. The van der Waals surface area contributed by atoms with Crippen LogP contribution in [0.4, 0.5) is 5.69 Å². The van der Waals surface area contributed by atoms with Crippen LogP contribution in [-0.4, -0.2) is 25.5 Å². The Morgan fingerprint density at radius 3 is 2.44 bits per heavy atom. The normalized spacial score (nSPS) is 10.5. The van der Waals surface area contributed by atoms with E-state index in [0.29, 0.717) is 0 Å². The van der Waals surface area contributed by atoms with Crippen LogP contribution in [0.3, 0.4) is 0 Å². The summed E-state index contributed by atoms with van der Waals surface area (Å²) in [6, 6.07) is 13.1. The van der Waals surface area contributed by atoms with Gasteiger partial charge in [-0.15, -0.1) is 0 Å². The van der Waals surface area contributed by atoms with E-state index in [1.807, 2.05) is 56.3 Å². The fraction of sp³-hybridized carbons (Fsp3) is 0.200. The molecule has 0 aliphatic heterocycles. The Morgan fingerprint density at radius 1 is 1.08 bits per heavy atom. The Labute approximate surface area is 147 Å². The Balaban J connectivity index is 1.87. The van der Waals surface area contributed by atoms with Crippen LogP contribution in [0, 0.1) is 13.8 Å². The van der Waals surface area contributed by atoms with Crippen LogP contribution in [0.2, 0.25) is 0 Å². The van der Waals surface area contributed by atoms with Crippen LogP contribution in [-0.2, 0) is 9.59 Å². The summed E-state index contributed by atoms with van der Waals surface area (Å²) < 4.78 is 5.13. The largest absolute Gasteiger partial charge is 0.497 e. The van der Waals surface area contributed by atoms with E-state index in [0.717, 1.165) is 28.1 Å². The van der Waals surface area contributed by atoms with Gasteiger partial charge in [-0.1, -0.05) is 30.3 Å². The topological polar surface area (TPSA) is 67.4 Å². The zero-order valence-electron chi connectivity index (χ0n) is 14.6. The molecular weight excluding hydrogens is 316 g/mol. The highest BCUT2D eigenvalue weighted by Gasteiger charge is 2.07. The van der Waals surface area contributed by atoms with E-state index in [1.54, 1.807) is 13.2 Å². The lowest BCUT2D eigenvalue weighted by Crippen LogP contribution is -2.32. The molecule has 2 N–H and O–H groups in total. The Kier molecular flexibility index (Phi) is 6.34. The molecule has 5 heteroatoms. The maximum Gasteiger partial charge on any atom is 0.244 e. The molecule has 25 heavy (non-hydrogen) atoms. The van der Waals surface area contributed by atoms with Crippen molar-refractivity contribution in [3.63, 3.8) is 0 Å². The summed E-state index contributed by atoms with van der Waals surface area (Å²) in [4.78, 5) is 23.9. The minimum atomic E-state index is -0.334. The van der Waals surface area contributed by atoms with E-state index in [2.05, 4.69) is 10.6 Å². The highest BCUT2D eigenvalue weighted by Crippen LogP contribution is 2.19. The molecule has 0 atom stereocenters. The molecule has 0 unspecified atom stereocenters. The molecule has 5 nitrogen and oxygen atoms in total. The number of amides is 2. The van der Waals surface area contributed by atoms with Gasteiger partial charge in [-0.05, 0) is 48.7 Å². The third-order valence-electron chi connectivity index (χ3n) is 3.69. The molecule has 0 spiro atoms. The van der Waals surface area contributed by atoms with Gasteiger partial charge in [0, 0.05) is 11.8 Å². The third kappa shape index (κ3) is 5.49. The Bertz CT molecular complexity index is 777. The summed E-state index contributed by atoms with van der Waals surface area (Å²) in [6.45, 7) is 3.77. The molecule has 0 aliphatic rings. The summed E-state index contributed by atoms with van der Waals surface area (Å²) in [5.74, 6) is 0.121. The average Bonchev–Trinajstić information content (AvgIpc) is 2.61. The first-order valence-electron chi connectivity index (χ1n) is 7.95. The van der Waals surface area contributed by atoms with Crippen LogP contribution in [0.5, 0.6) is 5.75 Å². The number of ether oxygens (including phenoxy) is 1. The van der Waals surface area contributed by atoms with Crippen molar-refractivity contribution in [3.05, 3.63) is 65.2 Å². The van der Waals surface area contributed by atoms with Crippen LogP contribution in [0.1, 0.15) is 16.7 Å². The van der Waals surface area contributed by atoms with Crippen LogP contribution >= 0.6 is 0 Å². The number of aryl methyl sites for hydroxylation is 2. The van der Waals surface area contributed by atoms with Gasteiger partial charge in [-0.3, -0.25) is 9.59 Å². The second-order valence-electron chi connectivity index (χ2n) is 5.64. The standard InChI is InChI=1S/C20H22N2O3/c1-14-6-4-7-15(2)20(14)22-19(24)13-21-18(23)11-10-16-8-5-9-17(12-16)25-3/h4-12H,13H2,1-3H3,(H,21,23)(H,22,24)/b11-10+. The number of methoxy groups -OCH3 is 1. The minimum Gasteiger partial charge on any atom is -0.497 e. The first-order valence-corrected chi connectivity index (χ1v) is 7.95. The molecule has 0 heterocycles. The van der Waals surface area contributed by atoms with Gasteiger partial charge in [0.1, 0.15) is 5.75 Å². The maximum absolute atomic E-state index is 12.0. The van der Waals surface area contributed by atoms with Crippen molar-refractivity contribution in [3.8, 4) is 5.75 Å². The number of anilines is 1. The summed E-state index contributed by atoms with van der Waals surface area (Å²) in [5, 5.41) is 5.40. The number of hydrogen-bond acceptors (Lipinski definition) is 3. The first-order chi connectivity index (χ1) is 12.0. The number of rotatable bonds is 6. The molecule has 0 fully saturated rings. The van der Waals surface area contributed by atoms with Crippen molar-refractivity contribution >= 4 is 23.6 Å². The van der Waals surface area contributed by atoms with Crippen LogP contribution in [0.25, 0.3) is 6.08 Å². The molecule has 2 aromatic carbocycles. The molecule has 2 amide bonds. The molecule has 0 bridgehead atoms. The van der Waals surface area contributed by atoms with Crippen LogP contribution in [0.15, 0.2) is 48.5 Å². The van der Waals surface area contributed by atoms with E-state index >= 15 is 0 Å². The van der Waals surface area contributed by atoms with E-state index in [9.17, 15) is 9.59 Å². The third-order valence-corrected chi connectivity index (χ3v) is 3.69. The second-order valence-corrected chi connectivity index (χ2v) is 5.64. The molecule has 2 aromatic rings. The molecule has 0 aromatic heterocycles. The highest BCUT2D eigenvalue weighted by atomic mass is 16.5. The summed E-state index contributed by atoms with van der Waals surface area (Å²) in [7, 11) is 1.59. The van der Waals surface area contributed by atoms with Gasteiger partial charge in [0.05, 0.1) is 13.7 Å². The SMILES string of the molecule is COc1cccc(/C=C/C(=O)NCC(=O)Nc2c(C)cccc2C)c1. The van der Waals surface area contributed by atoms with Gasteiger partial charge in [-0.25, -0.2) is 0 Å². The van der Waals surface area contributed by atoms with Gasteiger partial charge < -0.3 is 15.4 Å². The van der Waals surface area contributed by atoms with Crippen molar-refractivity contribution in [2.24, 2.45) is 0 Å².